The highest BCUT2D eigenvalue weighted by atomic mass is 35.5. The second kappa shape index (κ2) is 10.0. The third-order valence-corrected chi connectivity index (χ3v) is 8.22. The van der Waals surface area contributed by atoms with Gasteiger partial charge in [0.05, 0.1) is 17.8 Å². The number of halogens is 1. The number of carbonyl (C=O) groups is 1. The first-order valence-electron chi connectivity index (χ1n) is 11.6. The second-order valence-electron chi connectivity index (χ2n) is 8.89. The van der Waals surface area contributed by atoms with Crippen LogP contribution in [0.1, 0.15) is 17.9 Å². The molecule has 0 amide bonds. The molecule has 5 rings (SSSR count). The second-order valence-corrected chi connectivity index (χ2v) is 11.0. The van der Waals surface area contributed by atoms with Crippen LogP contribution in [0.15, 0.2) is 96.4 Å². The summed E-state index contributed by atoms with van der Waals surface area (Å²) < 4.78 is 36.5. The molecule has 190 valence electrons. The van der Waals surface area contributed by atoms with Crippen molar-refractivity contribution in [2.45, 2.75) is 29.3 Å². The minimum Gasteiger partial charge on any atom is -0.492 e. The van der Waals surface area contributed by atoms with Crippen LogP contribution in [0.2, 0.25) is 5.02 Å². The van der Waals surface area contributed by atoms with Crippen LogP contribution >= 0.6 is 11.6 Å². The number of sulfonamides is 1. The number of hydrogen-bond acceptors (Lipinski definition) is 5. The number of nitrogens with zero attached hydrogens (tertiary/aromatic N) is 2. The van der Waals surface area contributed by atoms with Gasteiger partial charge in [-0.05, 0) is 59.5 Å². The Morgan fingerprint density at radius 3 is 2.46 bits per heavy atom. The van der Waals surface area contributed by atoms with Crippen molar-refractivity contribution in [1.82, 2.24) is 14.3 Å². The Morgan fingerprint density at radius 2 is 1.81 bits per heavy atom. The first-order chi connectivity index (χ1) is 17.8. The molecule has 1 aromatic heterocycles. The number of rotatable bonds is 10. The number of benzene rings is 3. The molecule has 0 aliphatic heterocycles. The molecule has 37 heavy (non-hydrogen) atoms. The molecule has 1 aliphatic rings. The van der Waals surface area contributed by atoms with E-state index >= 15 is 0 Å². The van der Waals surface area contributed by atoms with E-state index in [1.807, 2.05) is 22.9 Å². The molecule has 2 atom stereocenters. The van der Waals surface area contributed by atoms with E-state index in [4.69, 9.17) is 16.3 Å². The van der Waals surface area contributed by atoms with Crippen molar-refractivity contribution in [3.05, 3.63) is 102 Å². The number of carboxylic acid groups (broad SMARTS) is 1. The van der Waals surface area contributed by atoms with Crippen molar-refractivity contribution < 1.29 is 23.1 Å². The van der Waals surface area contributed by atoms with Gasteiger partial charge >= 0.3 is 5.97 Å². The van der Waals surface area contributed by atoms with Crippen molar-refractivity contribution in [3.63, 3.8) is 0 Å². The fourth-order valence-electron chi connectivity index (χ4n) is 4.33. The summed E-state index contributed by atoms with van der Waals surface area (Å²) in [5, 5.41) is 10.6. The van der Waals surface area contributed by atoms with Gasteiger partial charge in [0.15, 0.2) is 0 Å². The van der Waals surface area contributed by atoms with Gasteiger partial charge in [0.25, 0.3) is 0 Å². The van der Waals surface area contributed by atoms with Crippen LogP contribution in [0.5, 0.6) is 5.75 Å². The highest BCUT2D eigenvalue weighted by Crippen LogP contribution is 2.53. The largest absolute Gasteiger partial charge is 0.492 e. The van der Waals surface area contributed by atoms with Crippen molar-refractivity contribution in [1.29, 1.82) is 0 Å². The third-order valence-electron chi connectivity index (χ3n) is 6.44. The van der Waals surface area contributed by atoms with Crippen molar-refractivity contribution >= 4 is 27.6 Å². The van der Waals surface area contributed by atoms with E-state index in [1.54, 1.807) is 61.1 Å². The molecule has 1 heterocycles. The molecule has 8 nitrogen and oxygen atoms in total. The summed E-state index contributed by atoms with van der Waals surface area (Å²) in [6.45, 7) is 1.02. The first-order valence-corrected chi connectivity index (χ1v) is 13.4. The SMILES string of the molecule is O=C(O)C1(NS(=O)(=O)c2ccc(-c3ccc(Cl)cc3)cc2)CC1c1cccc(OCCn2ccnc2)c1. The van der Waals surface area contributed by atoms with Gasteiger partial charge in [-0.1, -0.05) is 48.0 Å². The summed E-state index contributed by atoms with van der Waals surface area (Å²) in [5.41, 5.74) is 0.780. The Kier molecular flexibility index (Phi) is 6.76. The van der Waals surface area contributed by atoms with Gasteiger partial charge in [0.2, 0.25) is 10.0 Å². The maximum absolute atomic E-state index is 13.2. The zero-order chi connectivity index (χ0) is 26.0. The predicted molar refractivity (Wildman–Crippen MR) is 139 cm³/mol. The number of aromatic nitrogens is 2. The highest BCUT2D eigenvalue weighted by Gasteiger charge is 2.63. The molecule has 4 aromatic rings. The Hall–Kier alpha value is -3.66. The highest BCUT2D eigenvalue weighted by molar-refractivity contribution is 7.89. The van der Waals surface area contributed by atoms with Gasteiger partial charge in [-0.25, -0.2) is 13.4 Å². The lowest BCUT2D eigenvalue weighted by Gasteiger charge is -2.16. The van der Waals surface area contributed by atoms with E-state index < -0.39 is 27.4 Å². The summed E-state index contributed by atoms with van der Waals surface area (Å²) in [4.78, 5) is 16.2. The van der Waals surface area contributed by atoms with E-state index in [9.17, 15) is 18.3 Å². The average Bonchev–Trinajstić information content (AvgIpc) is 3.37. The number of aliphatic carboxylic acids is 1. The van der Waals surface area contributed by atoms with Gasteiger partial charge in [-0.15, -0.1) is 0 Å². The Morgan fingerprint density at radius 1 is 1.11 bits per heavy atom. The van der Waals surface area contributed by atoms with Crippen LogP contribution in [-0.2, 0) is 21.4 Å². The number of ether oxygens (including phenoxy) is 1. The van der Waals surface area contributed by atoms with E-state index in [-0.39, 0.29) is 11.3 Å². The maximum atomic E-state index is 13.2. The number of hydrogen-bond donors (Lipinski definition) is 2. The summed E-state index contributed by atoms with van der Waals surface area (Å²) in [6.07, 6.45) is 5.36. The molecule has 0 spiro atoms. The van der Waals surface area contributed by atoms with Gasteiger partial charge in [-0.2, -0.15) is 4.72 Å². The molecule has 1 aliphatic carbocycles. The van der Waals surface area contributed by atoms with Crippen LogP contribution in [-0.4, -0.2) is 41.2 Å². The van der Waals surface area contributed by atoms with E-state index in [0.29, 0.717) is 29.5 Å². The fraction of sp³-hybridized carbons (Fsp3) is 0.185. The molecular formula is C27H24ClN3O5S. The number of imidazole rings is 1. The minimum atomic E-state index is -4.09. The van der Waals surface area contributed by atoms with Crippen LogP contribution in [0, 0.1) is 0 Å². The van der Waals surface area contributed by atoms with Crippen molar-refractivity contribution in [3.8, 4) is 16.9 Å². The average molecular weight is 538 g/mol. The first kappa shape index (κ1) is 25.0. The van der Waals surface area contributed by atoms with Crippen LogP contribution in [0.25, 0.3) is 11.1 Å². The van der Waals surface area contributed by atoms with Crippen molar-refractivity contribution in [2.75, 3.05) is 6.61 Å². The number of carboxylic acids is 1. The topological polar surface area (TPSA) is 111 Å². The van der Waals surface area contributed by atoms with E-state index in [1.165, 1.54) is 12.1 Å². The molecule has 0 saturated heterocycles. The third kappa shape index (κ3) is 5.39. The fourth-order valence-corrected chi connectivity index (χ4v) is 5.87. The lowest BCUT2D eigenvalue weighted by molar-refractivity contribution is -0.140. The molecule has 1 saturated carbocycles. The number of nitrogens with one attached hydrogen (secondary N) is 1. The van der Waals surface area contributed by atoms with Crippen molar-refractivity contribution in [2.24, 2.45) is 0 Å². The standard InChI is InChI=1S/C27H24ClN3O5S/c28-22-8-4-19(5-9-22)20-6-10-24(11-7-20)37(34,35)30-27(26(32)33)17-25(27)21-2-1-3-23(16-21)36-15-14-31-13-12-29-18-31/h1-13,16,18,25,30H,14-15,17H2,(H,32,33). The maximum Gasteiger partial charge on any atom is 0.325 e. The van der Waals surface area contributed by atoms with E-state index in [2.05, 4.69) is 9.71 Å². The molecule has 3 aromatic carbocycles. The Bertz CT molecular complexity index is 1510. The molecular weight excluding hydrogens is 514 g/mol. The van der Waals surface area contributed by atoms with Gasteiger partial charge < -0.3 is 14.4 Å². The predicted octanol–water partition coefficient (Wildman–Crippen LogP) is 4.57. The van der Waals surface area contributed by atoms with E-state index in [0.717, 1.165) is 11.1 Å². The Balaban J connectivity index is 1.29. The lowest BCUT2D eigenvalue weighted by atomic mass is 10.1. The minimum absolute atomic E-state index is 0.00641. The van der Waals surface area contributed by atoms with Crippen LogP contribution < -0.4 is 9.46 Å². The summed E-state index contributed by atoms with van der Waals surface area (Å²) in [7, 11) is -4.09. The van der Waals surface area contributed by atoms with Gasteiger partial charge in [0.1, 0.15) is 17.9 Å². The quantitative estimate of drug-likeness (QED) is 0.306. The van der Waals surface area contributed by atoms with Crippen LogP contribution in [0.4, 0.5) is 0 Å². The summed E-state index contributed by atoms with van der Waals surface area (Å²) in [5.74, 6) is -1.15. The zero-order valence-corrected chi connectivity index (χ0v) is 21.2. The molecule has 10 heteroatoms. The van der Waals surface area contributed by atoms with Crippen LogP contribution in [0.3, 0.4) is 0 Å². The molecule has 0 bridgehead atoms. The normalized spacial score (nSPS) is 18.9. The summed E-state index contributed by atoms with van der Waals surface area (Å²) >= 11 is 5.94. The Labute approximate surface area is 219 Å². The molecule has 1 fully saturated rings. The summed E-state index contributed by atoms with van der Waals surface area (Å²) in [6, 6.07) is 20.6. The monoisotopic (exact) mass is 537 g/mol. The van der Waals surface area contributed by atoms with Gasteiger partial charge in [0, 0.05) is 23.3 Å². The molecule has 2 N–H and O–H groups in total. The molecule has 0 radical (unpaired) electrons. The van der Waals surface area contributed by atoms with Gasteiger partial charge in [-0.3, -0.25) is 4.79 Å². The lowest BCUT2D eigenvalue weighted by Crippen LogP contribution is -2.44. The smallest absolute Gasteiger partial charge is 0.325 e. The zero-order valence-electron chi connectivity index (χ0n) is 19.6. The molecule has 2 unspecified atom stereocenters.